The van der Waals surface area contributed by atoms with Gasteiger partial charge in [0.25, 0.3) is 11.1 Å². The smallest absolute Gasteiger partial charge is 0.420 e. The monoisotopic (exact) mass is 402 g/mol. The van der Waals surface area contributed by atoms with Gasteiger partial charge in [-0.05, 0) is 53.1 Å². The molecule has 5 nitrogen and oxygen atoms in total. The highest BCUT2D eigenvalue weighted by Crippen LogP contribution is 2.38. The van der Waals surface area contributed by atoms with Gasteiger partial charge < -0.3 is 4.74 Å². The van der Waals surface area contributed by atoms with Gasteiger partial charge in [0.15, 0.2) is 0 Å². The highest BCUT2D eigenvalue weighted by Gasteiger charge is 2.35. The number of carbonyl (C=O) groups is 2. The third kappa shape index (κ3) is 4.20. The maximum absolute atomic E-state index is 13.3. The lowest BCUT2D eigenvalue weighted by molar-refractivity contribution is -0.138. The molecule has 2 amide bonds. The minimum Gasteiger partial charge on any atom is -0.457 e. The molecule has 0 spiro atoms. The van der Waals surface area contributed by atoms with Crippen molar-refractivity contribution in [1.82, 2.24) is 5.32 Å². The Hall–Kier alpha value is -3.19. The number of thioether (sulfide) groups is 1. The molecule has 28 heavy (non-hydrogen) atoms. The number of imide groups is 1. The second-order valence-electron chi connectivity index (χ2n) is 5.80. The van der Waals surface area contributed by atoms with E-state index in [1.54, 1.807) is 26.0 Å². The van der Waals surface area contributed by atoms with Crippen molar-refractivity contribution >= 4 is 42.3 Å². The first-order valence-corrected chi connectivity index (χ1v) is 8.64. The number of nitrogens with one attached hydrogen (secondary N) is 1. The second-order valence-corrected chi connectivity index (χ2v) is 6.81. The van der Waals surface area contributed by atoms with Gasteiger partial charge in [0, 0.05) is 0 Å². The number of hydrogen-bond donors (Lipinski definition) is 1. The number of carbonyl (C=O) groups excluding carboxylic acids is 2. The van der Waals surface area contributed by atoms with Gasteiger partial charge >= 0.3 is 6.18 Å². The van der Waals surface area contributed by atoms with Crippen LogP contribution >= 0.6 is 11.8 Å². The number of amides is 2. The summed E-state index contributed by atoms with van der Waals surface area (Å²) >= 11 is 0.768. The van der Waals surface area contributed by atoms with Gasteiger partial charge in [-0.25, -0.2) is 0 Å². The van der Waals surface area contributed by atoms with E-state index < -0.39 is 28.6 Å². The fourth-order valence-electron chi connectivity index (χ4n) is 2.48. The van der Waals surface area contributed by atoms with Gasteiger partial charge in [0.1, 0.15) is 19.3 Å². The number of hydrogen-bond acceptors (Lipinski definition) is 5. The van der Waals surface area contributed by atoms with Gasteiger partial charge in [-0.15, -0.1) is 0 Å². The number of nitrogens with zero attached hydrogens (tertiary/aromatic N) is 1. The normalized spacial score (nSPS) is 15.4. The first kappa shape index (κ1) is 19.6. The quantitative estimate of drug-likeness (QED) is 0.631. The van der Waals surface area contributed by atoms with Gasteiger partial charge in [0.2, 0.25) is 0 Å². The molecule has 0 bridgehead atoms. The third-order valence-corrected chi connectivity index (χ3v) is 4.58. The molecule has 1 heterocycles. The molecule has 1 N–H and O–H groups in total. The van der Waals surface area contributed by atoms with E-state index in [1.165, 1.54) is 18.2 Å². The third-order valence-electron chi connectivity index (χ3n) is 3.77. The Morgan fingerprint density at radius 1 is 1.14 bits per heavy atom. The van der Waals surface area contributed by atoms with E-state index in [-0.39, 0.29) is 16.2 Å². The van der Waals surface area contributed by atoms with Crippen LogP contribution in [0.1, 0.15) is 16.7 Å². The lowest BCUT2D eigenvalue weighted by Gasteiger charge is -2.15. The van der Waals surface area contributed by atoms with Crippen molar-refractivity contribution in [2.24, 2.45) is 0 Å². The van der Waals surface area contributed by atoms with E-state index >= 15 is 0 Å². The summed E-state index contributed by atoms with van der Waals surface area (Å²) in [5.74, 6) is -0.727. The molecule has 140 valence electrons. The largest absolute Gasteiger partial charge is 0.457 e. The molecule has 1 aliphatic heterocycles. The van der Waals surface area contributed by atoms with E-state index in [9.17, 15) is 22.8 Å². The van der Waals surface area contributed by atoms with Crippen LogP contribution in [0.25, 0.3) is 6.08 Å². The van der Waals surface area contributed by atoms with Gasteiger partial charge in [-0.2, -0.15) is 18.4 Å². The summed E-state index contributed by atoms with van der Waals surface area (Å²) < 4.78 is 45.2. The van der Waals surface area contributed by atoms with Crippen LogP contribution in [0.15, 0.2) is 41.3 Å². The van der Waals surface area contributed by atoms with E-state index in [4.69, 9.17) is 10.00 Å². The predicted octanol–water partition coefficient (Wildman–Crippen LogP) is 2.95. The molecular formula is C18H10BF3N2O3S. The molecule has 0 atom stereocenters. The molecule has 3 rings (SSSR count). The molecule has 1 saturated heterocycles. The summed E-state index contributed by atoms with van der Waals surface area (Å²) in [4.78, 5) is 23.0. The van der Waals surface area contributed by atoms with Crippen LogP contribution in [-0.2, 0) is 11.0 Å². The first-order chi connectivity index (χ1) is 13.2. The maximum atomic E-state index is 13.3. The van der Waals surface area contributed by atoms with Crippen molar-refractivity contribution in [2.75, 3.05) is 0 Å². The van der Waals surface area contributed by atoms with Crippen LogP contribution in [0.3, 0.4) is 0 Å². The zero-order valence-corrected chi connectivity index (χ0v) is 15.1. The molecule has 0 radical (unpaired) electrons. The van der Waals surface area contributed by atoms with Crippen LogP contribution < -0.4 is 15.5 Å². The second kappa shape index (κ2) is 7.44. The van der Waals surface area contributed by atoms with Crippen LogP contribution in [0.2, 0.25) is 0 Å². The fraction of sp³-hybridized carbons (Fsp3) is 0.0556. The maximum Gasteiger partial charge on any atom is 0.420 e. The minimum absolute atomic E-state index is 0.125. The average Bonchev–Trinajstić information content (AvgIpc) is 2.93. The Bertz CT molecular complexity index is 1060. The predicted molar refractivity (Wildman–Crippen MR) is 100.0 cm³/mol. The Morgan fingerprint density at radius 3 is 2.43 bits per heavy atom. The Balaban J connectivity index is 1.91. The zero-order valence-electron chi connectivity index (χ0n) is 14.3. The Morgan fingerprint density at radius 2 is 1.86 bits per heavy atom. The molecule has 1 fully saturated rings. The first-order valence-electron chi connectivity index (χ1n) is 7.82. The van der Waals surface area contributed by atoms with Crippen LogP contribution in [0.5, 0.6) is 11.5 Å². The van der Waals surface area contributed by atoms with Crippen molar-refractivity contribution in [1.29, 1.82) is 5.26 Å². The SMILES string of the molecule is Bc1cc(/C=C2\SC(=O)NC2=O)ccc1Oc1ccc(C#N)cc1C(F)(F)F. The van der Waals surface area contributed by atoms with Crippen LogP contribution in [0.4, 0.5) is 18.0 Å². The van der Waals surface area contributed by atoms with Crippen molar-refractivity contribution in [3.8, 4) is 17.6 Å². The molecule has 1 aliphatic rings. The van der Waals surface area contributed by atoms with E-state index in [0.717, 1.165) is 23.9 Å². The molecule has 0 saturated carbocycles. The molecule has 0 aromatic heterocycles. The molecular weight excluding hydrogens is 392 g/mol. The van der Waals surface area contributed by atoms with Crippen molar-refractivity contribution < 1.29 is 27.5 Å². The average molecular weight is 402 g/mol. The van der Waals surface area contributed by atoms with Crippen molar-refractivity contribution in [3.63, 3.8) is 0 Å². The summed E-state index contributed by atoms with van der Waals surface area (Å²) in [7, 11) is 1.64. The highest BCUT2D eigenvalue weighted by atomic mass is 32.2. The minimum atomic E-state index is -4.68. The van der Waals surface area contributed by atoms with Crippen LogP contribution in [0, 0.1) is 11.3 Å². The van der Waals surface area contributed by atoms with Gasteiger partial charge in [-0.3, -0.25) is 14.9 Å². The van der Waals surface area contributed by atoms with E-state index in [1.807, 2.05) is 0 Å². The molecule has 10 heteroatoms. The number of nitriles is 1. The van der Waals surface area contributed by atoms with Gasteiger partial charge in [0.05, 0.1) is 22.1 Å². The lowest BCUT2D eigenvalue weighted by atomic mass is 9.93. The number of alkyl halides is 3. The Labute approximate surface area is 162 Å². The molecule has 0 unspecified atom stereocenters. The fourth-order valence-corrected chi connectivity index (χ4v) is 3.16. The van der Waals surface area contributed by atoms with Gasteiger partial charge in [-0.1, -0.05) is 12.1 Å². The summed E-state index contributed by atoms with van der Waals surface area (Å²) in [5, 5.41) is 10.5. The lowest BCUT2D eigenvalue weighted by Crippen LogP contribution is -2.17. The number of ether oxygens (including phenoxy) is 1. The number of halogens is 3. The van der Waals surface area contributed by atoms with Crippen LogP contribution in [-0.4, -0.2) is 19.0 Å². The number of rotatable bonds is 3. The zero-order chi connectivity index (χ0) is 20.5. The Kier molecular flexibility index (Phi) is 5.20. The van der Waals surface area contributed by atoms with E-state index in [0.29, 0.717) is 11.0 Å². The summed E-state index contributed by atoms with van der Waals surface area (Å²) in [5.41, 5.74) is -0.0513. The summed E-state index contributed by atoms with van der Waals surface area (Å²) in [6.45, 7) is 0. The number of benzene rings is 2. The molecule has 2 aromatic carbocycles. The summed E-state index contributed by atoms with van der Waals surface area (Å²) in [6, 6.07) is 9.39. The molecule has 2 aromatic rings. The molecule has 0 aliphatic carbocycles. The van der Waals surface area contributed by atoms with Crippen molar-refractivity contribution in [3.05, 3.63) is 58.0 Å². The topological polar surface area (TPSA) is 79.2 Å². The summed E-state index contributed by atoms with van der Waals surface area (Å²) in [6.07, 6.45) is -3.18. The van der Waals surface area contributed by atoms with Crippen molar-refractivity contribution in [2.45, 2.75) is 6.18 Å². The standard InChI is InChI=1S/C18H10BF3N2O3S/c19-12-6-9(7-15-16(25)24-17(26)28-15)1-4-14(12)27-13-3-2-10(8-23)5-11(13)18(20,21)22/h1-7H,19H2,(H,24,25,26)/b15-7-. The highest BCUT2D eigenvalue weighted by molar-refractivity contribution is 8.18. The van der Waals surface area contributed by atoms with E-state index in [2.05, 4.69) is 5.32 Å².